The molecule has 0 spiro atoms. The zero-order chi connectivity index (χ0) is 8.27. The lowest BCUT2D eigenvalue weighted by Gasteiger charge is -2.07. The van der Waals surface area contributed by atoms with Gasteiger partial charge in [-0.3, -0.25) is 14.6 Å². The molecule has 1 amide bonds. The van der Waals surface area contributed by atoms with E-state index in [9.17, 15) is 9.59 Å². The summed E-state index contributed by atoms with van der Waals surface area (Å²) in [5.41, 5.74) is 0. The molecule has 0 aromatic heterocycles. The minimum absolute atomic E-state index is 0.223. The van der Waals surface area contributed by atoms with Crippen molar-refractivity contribution in [3.05, 3.63) is 12.3 Å². The molecule has 4 heteroatoms. The average molecular weight is 152 g/mol. The van der Waals surface area contributed by atoms with E-state index < -0.39 is 5.92 Å². The summed E-state index contributed by atoms with van der Waals surface area (Å²) in [6.07, 6.45) is 4.00. The van der Waals surface area contributed by atoms with Crippen molar-refractivity contribution in [3.8, 4) is 0 Å². The van der Waals surface area contributed by atoms with E-state index in [1.807, 2.05) is 0 Å². The summed E-state index contributed by atoms with van der Waals surface area (Å²) in [4.78, 5) is 25.6. The van der Waals surface area contributed by atoms with E-state index in [4.69, 9.17) is 0 Å². The zero-order valence-corrected chi connectivity index (χ0v) is 6.07. The molecule has 0 saturated heterocycles. The van der Waals surface area contributed by atoms with Gasteiger partial charge in [0.15, 0.2) is 5.78 Å². The highest BCUT2D eigenvalue weighted by Gasteiger charge is 2.22. The number of allylic oxidation sites excluding steroid dienone is 1. The molecule has 0 fully saturated rings. The minimum atomic E-state index is -0.731. The van der Waals surface area contributed by atoms with Crippen molar-refractivity contribution in [2.45, 2.75) is 0 Å². The standard InChI is InChI=1S/C7H8N2O2/c1-8-7(11)5-4-9-3-2-6(5)10/h2-5H,1H3,(H,8,11)/t5-/m1/s1. The fourth-order valence-electron chi connectivity index (χ4n) is 0.782. The van der Waals surface area contributed by atoms with Gasteiger partial charge < -0.3 is 5.32 Å². The third-order valence-electron chi connectivity index (χ3n) is 1.40. The molecular weight excluding hydrogens is 144 g/mol. The number of rotatable bonds is 1. The summed E-state index contributed by atoms with van der Waals surface area (Å²) in [5.74, 6) is -1.27. The summed E-state index contributed by atoms with van der Waals surface area (Å²) >= 11 is 0. The highest BCUT2D eigenvalue weighted by molar-refractivity contribution is 6.18. The van der Waals surface area contributed by atoms with Gasteiger partial charge in [0, 0.05) is 25.5 Å². The van der Waals surface area contributed by atoms with Crippen LogP contribution in [0.25, 0.3) is 0 Å². The first-order chi connectivity index (χ1) is 5.25. The van der Waals surface area contributed by atoms with Crippen molar-refractivity contribution in [3.63, 3.8) is 0 Å². The number of ketones is 1. The number of aliphatic imine (C=N–C) groups is 1. The first kappa shape index (κ1) is 7.65. The van der Waals surface area contributed by atoms with Crippen LogP contribution in [0.15, 0.2) is 17.3 Å². The predicted octanol–water partition coefficient (Wildman–Crippen LogP) is -0.484. The molecule has 1 rings (SSSR count). The van der Waals surface area contributed by atoms with Crippen LogP contribution in [0.3, 0.4) is 0 Å². The number of nitrogens with one attached hydrogen (secondary N) is 1. The van der Waals surface area contributed by atoms with Crippen molar-refractivity contribution in [2.75, 3.05) is 7.05 Å². The average Bonchev–Trinajstić information content (AvgIpc) is 2.04. The molecule has 1 N–H and O–H groups in total. The fraction of sp³-hybridized carbons (Fsp3) is 0.286. The molecule has 1 aliphatic heterocycles. The maximum atomic E-state index is 11.0. The summed E-state index contributed by atoms with van der Waals surface area (Å²) in [6.45, 7) is 0. The largest absolute Gasteiger partial charge is 0.358 e. The van der Waals surface area contributed by atoms with Gasteiger partial charge in [-0.25, -0.2) is 0 Å². The lowest BCUT2D eigenvalue weighted by molar-refractivity contribution is -0.128. The van der Waals surface area contributed by atoms with Crippen LogP contribution in [0.2, 0.25) is 0 Å². The molecule has 0 bridgehead atoms. The summed E-state index contributed by atoms with van der Waals surface area (Å²) in [6, 6.07) is 0. The van der Waals surface area contributed by atoms with E-state index >= 15 is 0 Å². The smallest absolute Gasteiger partial charge is 0.236 e. The van der Waals surface area contributed by atoms with Crippen LogP contribution in [-0.4, -0.2) is 25.0 Å². The number of nitrogens with zero attached hydrogens (tertiary/aromatic N) is 1. The monoisotopic (exact) mass is 152 g/mol. The lowest BCUT2D eigenvalue weighted by Crippen LogP contribution is -2.34. The SMILES string of the molecule is CNC(=O)[C@@H]1C=NC=CC1=O. The maximum absolute atomic E-state index is 11.0. The normalized spacial score (nSPS) is 21.9. The fourth-order valence-corrected chi connectivity index (χ4v) is 0.782. The highest BCUT2D eigenvalue weighted by atomic mass is 16.2. The van der Waals surface area contributed by atoms with E-state index in [1.54, 1.807) is 0 Å². The molecule has 0 aliphatic carbocycles. The molecule has 1 heterocycles. The van der Waals surface area contributed by atoms with Crippen molar-refractivity contribution >= 4 is 17.9 Å². The lowest BCUT2D eigenvalue weighted by atomic mass is 10.0. The molecule has 4 nitrogen and oxygen atoms in total. The topological polar surface area (TPSA) is 58.5 Å². The highest BCUT2D eigenvalue weighted by Crippen LogP contribution is 2.01. The number of carbonyl (C=O) groups is 2. The second kappa shape index (κ2) is 3.09. The molecule has 11 heavy (non-hydrogen) atoms. The van der Waals surface area contributed by atoms with Gasteiger partial charge in [-0.15, -0.1) is 0 Å². The Morgan fingerprint density at radius 3 is 3.00 bits per heavy atom. The Balaban J connectivity index is 2.73. The summed E-state index contributed by atoms with van der Waals surface area (Å²) in [7, 11) is 1.49. The van der Waals surface area contributed by atoms with Crippen molar-refractivity contribution in [2.24, 2.45) is 10.9 Å². The van der Waals surface area contributed by atoms with Gasteiger partial charge in [-0.1, -0.05) is 0 Å². The molecular formula is C7H8N2O2. The minimum Gasteiger partial charge on any atom is -0.358 e. The van der Waals surface area contributed by atoms with E-state index in [0.29, 0.717) is 0 Å². The molecule has 0 saturated carbocycles. The van der Waals surface area contributed by atoms with Crippen LogP contribution in [0, 0.1) is 5.92 Å². The van der Waals surface area contributed by atoms with Gasteiger partial charge in [-0.2, -0.15) is 0 Å². The van der Waals surface area contributed by atoms with Gasteiger partial charge in [-0.05, 0) is 0 Å². The Bertz CT molecular complexity index is 243. The van der Waals surface area contributed by atoms with Crippen LogP contribution in [-0.2, 0) is 9.59 Å². The van der Waals surface area contributed by atoms with Crippen LogP contribution in [0.4, 0.5) is 0 Å². The number of hydrogen-bond acceptors (Lipinski definition) is 3. The van der Waals surface area contributed by atoms with Crippen molar-refractivity contribution in [1.29, 1.82) is 0 Å². The van der Waals surface area contributed by atoms with Crippen LogP contribution >= 0.6 is 0 Å². The third-order valence-corrected chi connectivity index (χ3v) is 1.40. The summed E-state index contributed by atoms with van der Waals surface area (Å²) in [5, 5.41) is 2.38. The van der Waals surface area contributed by atoms with Gasteiger partial charge in [0.05, 0.1) is 0 Å². The van der Waals surface area contributed by atoms with E-state index in [-0.39, 0.29) is 11.7 Å². The molecule has 0 aromatic carbocycles. The second-order valence-electron chi connectivity index (χ2n) is 2.11. The van der Waals surface area contributed by atoms with Gasteiger partial charge in [0.2, 0.25) is 5.91 Å². The first-order valence-corrected chi connectivity index (χ1v) is 3.21. The Labute approximate surface area is 64.0 Å². The quantitative estimate of drug-likeness (QED) is 0.516. The number of hydrogen-bond donors (Lipinski definition) is 1. The maximum Gasteiger partial charge on any atom is 0.236 e. The van der Waals surface area contributed by atoms with Crippen LogP contribution in [0.1, 0.15) is 0 Å². The van der Waals surface area contributed by atoms with E-state index in [1.165, 1.54) is 25.5 Å². The molecule has 0 unspecified atom stereocenters. The molecule has 1 aliphatic rings. The number of amides is 1. The molecule has 58 valence electrons. The first-order valence-electron chi connectivity index (χ1n) is 3.21. The molecule has 1 atom stereocenters. The molecule has 0 aromatic rings. The molecule has 0 radical (unpaired) electrons. The number of carbonyl (C=O) groups excluding carboxylic acids is 2. The summed E-state index contributed by atoms with van der Waals surface area (Å²) < 4.78 is 0. The van der Waals surface area contributed by atoms with Gasteiger partial charge in [0.1, 0.15) is 5.92 Å². The Hall–Kier alpha value is -1.45. The third kappa shape index (κ3) is 1.52. The van der Waals surface area contributed by atoms with Gasteiger partial charge in [0.25, 0.3) is 0 Å². The van der Waals surface area contributed by atoms with E-state index in [0.717, 1.165) is 0 Å². The Kier molecular flexibility index (Phi) is 2.15. The van der Waals surface area contributed by atoms with Crippen LogP contribution in [0.5, 0.6) is 0 Å². The van der Waals surface area contributed by atoms with E-state index in [2.05, 4.69) is 10.3 Å². The van der Waals surface area contributed by atoms with Crippen molar-refractivity contribution in [1.82, 2.24) is 5.32 Å². The van der Waals surface area contributed by atoms with Crippen LogP contribution < -0.4 is 5.32 Å². The predicted molar refractivity (Wildman–Crippen MR) is 40.2 cm³/mol. The van der Waals surface area contributed by atoms with Crippen molar-refractivity contribution < 1.29 is 9.59 Å². The van der Waals surface area contributed by atoms with Gasteiger partial charge >= 0.3 is 0 Å². The Morgan fingerprint density at radius 2 is 2.45 bits per heavy atom. The Morgan fingerprint density at radius 1 is 1.73 bits per heavy atom. The second-order valence-corrected chi connectivity index (χ2v) is 2.11. The zero-order valence-electron chi connectivity index (χ0n) is 6.07.